The van der Waals surface area contributed by atoms with Gasteiger partial charge in [-0.1, -0.05) is 160 Å². The monoisotopic (exact) mass is 703 g/mol. The summed E-state index contributed by atoms with van der Waals surface area (Å²) in [4.78, 5) is 37.5. The second-order valence-corrected chi connectivity index (χ2v) is 13.9. The van der Waals surface area contributed by atoms with Gasteiger partial charge in [0.05, 0.1) is 0 Å². The molecule has 0 rings (SSSR count). The van der Waals surface area contributed by atoms with E-state index in [-0.39, 0.29) is 31.1 Å². The van der Waals surface area contributed by atoms with Gasteiger partial charge in [-0.2, -0.15) is 0 Å². The molecule has 0 saturated heterocycles. The quantitative estimate of drug-likeness (QED) is 0.0277. The molecule has 0 amide bonds. The minimum Gasteiger partial charge on any atom is -0.462 e. The summed E-state index contributed by atoms with van der Waals surface area (Å²) in [5, 5.41) is 0. The molecule has 1 unspecified atom stereocenters. The number of hydrogen-bond donors (Lipinski definition) is 0. The highest BCUT2D eigenvalue weighted by Crippen LogP contribution is 2.13. The van der Waals surface area contributed by atoms with Crippen LogP contribution >= 0.6 is 0 Å². The van der Waals surface area contributed by atoms with Gasteiger partial charge in [-0.05, 0) is 64.2 Å². The largest absolute Gasteiger partial charge is 0.462 e. The van der Waals surface area contributed by atoms with Crippen LogP contribution in [0.3, 0.4) is 0 Å². The summed E-state index contributed by atoms with van der Waals surface area (Å²) in [6.45, 7) is 6.45. The summed E-state index contributed by atoms with van der Waals surface area (Å²) in [5.74, 6) is -0.911. The summed E-state index contributed by atoms with van der Waals surface area (Å²) >= 11 is 0. The first-order valence-electron chi connectivity index (χ1n) is 21.0. The van der Waals surface area contributed by atoms with Gasteiger partial charge in [0.2, 0.25) is 0 Å². The van der Waals surface area contributed by atoms with Crippen LogP contribution in [0.1, 0.15) is 207 Å². The Balaban J connectivity index is 4.38. The molecule has 0 aromatic carbocycles. The predicted octanol–water partition coefficient (Wildman–Crippen LogP) is 13.0. The lowest BCUT2D eigenvalue weighted by Crippen LogP contribution is -2.30. The molecule has 0 N–H and O–H groups in total. The zero-order chi connectivity index (χ0) is 36.6. The van der Waals surface area contributed by atoms with E-state index >= 15 is 0 Å². The minimum atomic E-state index is -0.774. The zero-order valence-electron chi connectivity index (χ0n) is 32.9. The summed E-state index contributed by atoms with van der Waals surface area (Å²) < 4.78 is 16.6. The number of allylic oxidation sites excluding steroid dienone is 6. The van der Waals surface area contributed by atoms with Crippen LogP contribution in [-0.2, 0) is 28.6 Å². The topological polar surface area (TPSA) is 78.9 Å². The Bertz CT molecular complexity index is 861. The van der Waals surface area contributed by atoms with E-state index in [4.69, 9.17) is 14.2 Å². The highest BCUT2D eigenvalue weighted by atomic mass is 16.6. The Labute approximate surface area is 308 Å². The molecule has 6 heteroatoms. The van der Waals surface area contributed by atoms with Crippen molar-refractivity contribution < 1.29 is 28.6 Å². The van der Waals surface area contributed by atoms with Crippen molar-refractivity contribution in [1.82, 2.24) is 0 Å². The first-order valence-corrected chi connectivity index (χ1v) is 21.0. The van der Waals surface area contributed by atoms with Crippen LogP contribution in [0.15, 0.2) is 36.5 Å². The first-order chi connectivity index (χ1) is 24.5. The fourth-order valence-electron chi connectivity index (χ4n) is 5.66. The Morgan fingerprint density at radius 3 is 1.22 bits per heavy atom. The van der Waals surface area contributed by atoms with Crippen molar-refractivity contribution >= 4 is 17.9 Å². The number of esters is 3. The molecule has 0 spiro atoms. The van der Waals surface area contributed by atoms with Gasteiger partial charge < -0.3 is 14.2 Å². The zero-order valence-corrected chi connectivity index (χ0v) is 32.9. The van der Waals surface area contributed by atoms with Gasteiger partial charge >= 0.3 is 17.9 Å². The molecule has 1 atom stereocenters. The maximum absolute atomic E-state index is 12.6. The van der Waals surface area contributed by atoms with E-state index in [2.05, 4.69) is 57.2 Å². The van der Waals surface area contributed by atoms with E-state index in [0.29, 0.717) is 19.3 Å². The van der Waals surface area contributed by atoms with E-state index in [1.165, 1.54) is 64.2 Å². The van der Waals surface area contributed by atoms with Crippen LogP contribution in [-0.4, -0.2) is 37.2 Å². The Morgan fingerprint density at radius 2 is 0.760 bits per heavy atom. The van der Waals surface area contributed by atoms with Crippen LogP contribution in [0.25, 0.3) is 0 Å². The van der Waals surface area contributed by atoms with Gasteiger partial charge in [0.15, 0.2) is 6.10 Å². The van der Waals surface area contributed by atoms with Crippen molar-refractivity contribution in [2.45, 2.75) is 213 Å². The molecule has 0 bridgehead atoms. The smallest absolute Gasteiger partial charge is 0.306 e. The molecule has 0 saturated carbocycles. The molecule has 0 aliphatic rings. The summed E-state index contributed by atoms with van der Waals surface area (Å²) in [5.41, 5.74) is 0. The Hall–Kier alpha value is -2.37. The second kappa shape index (κ2) is 39.4. The van der Waals surface area contributed by atoms with E-state index < -0.39 is 6.10 Å². The van der Waals surface area contributed by atoms with Gasteiger partial charge in [-0.25, -0.2) is 0 Å². The lowest BCUT2D eigenvalue weighted by atomic mass is 10.1. The van der Waals surface area contributed by atoms with Gasteiger partial charge in [-0.3, -0.25) is 14.4 Å². The van der Waals surface area contributed by atoms with Crippen molar-refractivity contribution in [2.75, 3.05) is 13.2 Å². The van der Waals surface area contributed by atoms with Crippen LogP contribution in [0.2, 0.25) is 0 Å². The number of carbonyl (C=O) groups excluding carboxylic acids is 3. The lowest BCUT2D eigenvalue weighted by Gasteiger charge is -2.18. The van der Waals surface area contributed by atoms with Crippen molar-refractivity contribution in [1.29, 1.82) is 0 Å². The number of unbranched alkanes of at least 4 members (excludes halogenated alkanes) is 20. The molecule has 0 radical (unpaired) electrons. The number of rotatable bonds is 37. The highest BCUT2D eigenvalue weighted by Gasteiger charge is 2.19. The van der Waals surface area contributed by atoms with Crippen molar-refractivity contribution in [3.63, 3.8) is 0 Å². The van der Waals surface area contributed by atoms with E-state index in [0.717, 1.165) is 103 Å². The maximum atomic E-state index is 12.6. The fraction of sp³-hybridized carbons (Fsp3) is 0.795. The average Bonchev–Trinajstić information content (AvgIpc) is 3.11. The molecule has 0 heterocycles. The SMILES string of the molecule is CCC/C=C\C/C=C\CCCCCCCC(=O)OCC(COC(=O)CCCCCCCCCCC)OC(=O)CCCCCCC/C=C\CCC. The standard InChI is InChI=1S/C44H78O6/c1-4-7-10-13-16-19-21-22-23-26-28-31-34-37-43(46)49-40-41(39-48-42(45)36-33-30-27-24-18-15-12-9-6-3)50-44(47)38-35-32-29-25-20-17-14-11-8-5-2/h10-11,13-14,19,21,41H,4-9,12,15-18,20,22-40H2,1-3H3/b13-10-,14-11-,21-19-. The van der Waals surface area contributed by atoms with Crippen molar-refractivity contribution in [3.05, 3.63) is 36.5 Å². The van der Waals surface area contributed by atoms with Crippen molar-refractivity contribution in [3.8, 4) is 0 Å². The van der Waals surface area contributed by atoms with Crippen LogP contribution in [0.4, 0.5) is 0 Å². The second-order valence-electron chi connectivity index (χ2n) is 13.9. The van der Waals surface area contributed by atoms with Gasteiger partial charge in [0.1, 0.15) is 13.2 Å². The molecule has 0 aromatic rings. The van der Waals surface area contributed by atoms with Crippen LogP contribution in [0, 0.1) is 0 Å². The van der Waals surface area contributed by atoms with Gasteiger partial charge in [0, 0.05) is 19.3 Å². The van der Waals surface area contributed by atoms with Crippen LogP contribution < -0.4 is 0 Å². The molecule has 290 valence electrons. The third kappa shape index (κ3) is 36.9. The van der Waals surface area contributed by atoms with Crippen LogP contribution in [0.5, 0.6) is 0 Å². The molecule has 50 heavy (non-hydrogen) atoms. The number of carbonyl (C=O) groups is 3. The van der Waals surface area contributed by atoms with Gasteiger partial charge in [0.25, 0.3) is 0 Å². The van der Waals surface area contributed by atoms with E-state index in [9.17, 15) is 14.4 Å². The number of hydrogen-bond acceptors (Lipinski definition) is 6. The third-order valence-corrected chi connectivity index (χ3v) is 8.83. The Kier molecular flexibility index (Phi) is 37.5. The summed E-state index contributed by atoms with van der Waals surface area (Å²) in [7, 11) is 0. The highest BCUT2D eigenvalue weighted by molar-refractivity contribution is 5.71. The normalized spacial score (nSPS) is 12.3. The molecule has 0 aromatic heterocycles. The minimum absolute atomic E-state index is 0.0791. The first kappa shape index (κ1) is 47.6. The molecule has 6 nitrogen and oxygen atoms in total. The number of ether oxygens (including phenoxy) is 3. The predicted molar refractivity (Wildman–Crippen MR) is 210 cm³/mol. The summed E-state index contributed by atoms with van der Waals surface area (Å²) in [6, 6.07) is 0. The van der Waals surface area contributed by atoms with Crippen molar-refractivity contribution in [2.24, 2.45) is 0 Å². The summed E-state index contributed by atoms with van der Waals surface area (Å²) in [6.07, 6.45) is 42.7. The fourth-order valence-corrected chi connectivity index (χ4v) is 5.66. The molecule has 0 fully saturated rings. The average molecular weight is 703 g/mol. The molecule has 0 aliphatic heterocycles. The van der Waals surface area contributed by atoms with E-state index in [1.54, 1.807) is 0 Å². The Morgan fingerprint density at radius 1 is 0.400 bits per heavy atom. The molecular formula is C44H78O6. The lowest BCUT2D eigenvalue weighted by molar-refractivity contribution is -0.167. The van der Waals surface area contributed by atoms with E-state index in [1.807, 2.05) is 0 Å². The third-order valence-electron chi connectivity index (χ3n) is 8.83. The molecular weight excluding hydrogens is 624 g/mol. The van der Waals surface area contributed by atoms with Gasteiger partial charge in [-0.15, -0.1) is 0 Å². The maximum Gasteiger partial charge on any atom is 0.306 e. The molecule has 0 aliphatic carbocycles.